The lowest BCUT2D eigenvalue weighted by Crippen LogP contribution is -2.27. The molecule has 0 aromatic carbocycles. The number of sulfone groups is 1. The van der Waals surface area contributed by atoms with Crippen molar-refractivity contribution in [3.05, 3.63) is 23.8 Å². The van der Waals surface area contributed by atoms with Gasteiger partial charge in [-0.3, -0.25) is 0 Å². The Labute approximate surface area is 113 Å². The third-order valence-electron chi connectivity index (χ3n) is 1.29. The van der Waals surface area contributed by atoms with Gasteiger partial charge in [0.15, 0.2) is 9.84 Å². The minimum atomic E-state index is -3.94. The molecule has 5 nitrogen and oxygen atoms in total. The van der Waals surface area contributed by atoms with E-state index in [-0.39, 0.29) is 6.04 Å². The maximum Gasteiger partial charge on any atom is 0.233 e. The zero-order valence-electron chi connectivity index (χ0n) is 16.1. The highest BCUT2D eigenvalue weighted by molar-refractivity contribution is 7.94. The van der Waals surface area contributed by atoms with Gasteiger partial charge in [-0.05, 0) is 27.7 Å². The molecule has 17 heavy (non-hydrogen) atoms. The predicted octanol–water partition coefficient (Wildman–Crippen LogP) is 1.41. The number of hydrogen-bond acceptors (Lipinski definition) is 4. The SMILES string of the molecule is [2H]C([2H])=C([2H])S(=O)(=O)C(C)C.[2H]C([2H])=C([2H])S(=O)(=O)NC(C)C. The third kappa shape index (κ3) is 10.2. The molecule has 0 aliphatic carbocycles. The van der Waals surface area contributed by atoms with E-state index in [2.05, 4.69) is 4.72 Å². The van der Waals surface area contributed by atoms with Crippen molar-refractivity contribution in [2.45, 2.75) is 39.0 Å². The molecule has 1 N–H and O–H groups in total. The molecule has 0 heterocycles. The summed E-state index contributed by atoms with van der Waals surface area (Å²) in [7, 11) is -7.64. The molecule has 0 amide bonds. The van der Waals surface area contributed by atoms with Crippen molar-refractivity contribution in [2.24, 2.45) is 0 Å². The molecule has 0 radical (unpaired) electrons. The Hall–Kier alpha value is -0.660. The highest BCUT2D eigenvalue weighted by Gasteiger charge is 2.08. The Morgan fingerprint density at radius 2 is 1.59 bits per heavy atom. The predicted molar refractivity (Wildman–Crippen MR) is 71.6 cm³/mol. The molecule has 0 unspecified atom stereocenters. The second kappa shape index (κ2) is 7.62. The average Bonchev–Trinajstić information content (AvgIpc) is 2.35. The average molecular weight is 289 g/mol. The van der Waals surface area contributed by atoms with Crippen molar-refractivity contribution < 1.29 is 25.1 Å². The molecule has 0 saturated heterocycles. The summed E-state index contributed by atoms with van der Waals surface area (Å²) >= 11 is 0. The van der Waals surface area contributed by atoms with E-state index < -0.39 is 48.9 Å². The second-order valence-electron chi connectivity index (χ2n) is 3.57. The summed E-state index contributed by atoms with van der Waals surface area (Å²) in [4.78, 5) is 0. The van der Waals surface area contributed by atoms with Crippen molar-refractivity contribution in [2.75, 3.05) is 0 Å². The lowest BCUT2D eigenvalue weighted by Gasteiger charge is -2.03. The lowest BCUT2D eigenvalue weighted by atomic mass is 10.4. The van der Waals surface area contributed by atoms with E-state index in [1.165, 1.54) is 13.8 Å². The maximum absolute atomic E-state index is 11.0. The first-order chi connectivity index (χ1) is 10.1. The summed E-state index contributed by atoms with van der Waals surface area (Å²) in [5.74, 6) is 0. The largest absolute Gasteiger partial charge is 0.233 e. The fraction of sp³-hybridized carbons (Fsp3) is 0.600. The summed E-state index contributed by atoms with van der Waals surface area (Å²) in [5, 5.41) is -2.65. The Morgan fingerprint density at radius 3 is 1.82 bits per heavy atom. The molecule has 0 saturated carbocycles. The Morgan fingerprint density at radius 1 is 1.12 bits per heavy atom. The minimum Gasteiger partial charge on any atom is -0.224 e. The number of sulfonamides is 1. The molecule has 0 rings (SSSR count). The van der Waals surface area contributed by atoms with Crippen LogP contribution in [0, 0.1) is 0 Å². The highest BCUT2D eigenvalue weighted by atomic mass is 32.2. The summed E-state index contributed by atoms with van der Waals surface area (Å²) in [5.41, 5.74) is 0. The van der Waals surface area contributed by atoms with Crippen molar-refractivity contribution >= 4 is 19.9 Å². The van der Waals surface area contributed by atoms with Crippen molar-refractivity contribution in [3.63, 3.8) is 0 Å². The highest BCUT2D eigenvalue weighted by Crippen LogP contribution is 1.99. The van der Waals surface area contributed by atoms with Crippen LogP contribution in [0.2, 0.25) is 0 Å². The molecule has 0 aliphatic heterocycles. The molecule has 0 fully saturated rings. The second-order valence-corrected chi connectivity index (χ2v) is 7.26. The van der Waals surface area contributed by atoms with Gasteiger partial charge < -0.3 is 0 Å². The van der Waals surface area contributed by atoms with Crippen LogP contribution in [0.4, 0.5) is 0 Å². The van der Waals surface area contributed by atoms with Crippen LogP contribution in [-0.2, 0) is 19.9 Å². The summed E-state index contributed by atoms with van der Waals surface area (Å²) in [6.07, 6.45) is 0. The normalized spacial score (nSPS) is 16.4. The Balaban J connectivity index is 0. The molecular formula is C10H21NO4S2. The van der Waals surface area contributed by atoms with Crippen molar-refractivity contribution in [3.8, 4) is 0 Å². The topological polar surface area (TPSA) is 80.3 Å². The molecule has 0 atom stereocenters. The van der Waals surface area contributed by atoms with Crippen LogP contribution in [0.25, 0.3) is 0 Å². The van der Waals surface area contributed by atoms with Gasteiger partial charge in [0.25, 0.3) is 0 Å². The van der Waals surface area contributed by atoms with Gasteiger partial charge in [0.2, 0.25) is 10.0 Å². The van der Waals surface area contributed by atoms with Gasteiger partial charge >= 0.3 is 0 Å². The van der Waals surface area contributed by atoms with Gasteiger partial charge in [0, 0.05) is 16.8 Å². The minimum absolute atomic E-state index is 0.338. The molecule has 102 valence electrons. The molecule has 0 bridgehead atoms. The fourth-order valence-corrected chi connectivity index (χ4v) is 1.37. The maximum atomic E-state index is 11.0. The number of rotatable bonds is 5. The molecule has 0 aromatic heterocycles. The number of hydrogen-bond donors (Lipinski definition) is 1. The van der Waals surface area contributed by atoms with E-state index in [0.717, 1.165) is 0 Å². The smallest absolute Gasteiger partial charge is 0.224 e. The third-order valence-corrected chi connectivity index (χ3v) is 3.86. The van der Waals surface area contributed by atoms with Crippen LogP contribution in [0.1, 0.15) is 35.9 Å². The quantitative estimate of drug-likeness (QED) is 0.830. The van der Waals surface area contributed by atoms with Crippen LogP contribution in [0.15, 0.2) is 23.8 Å². The molecule has 0 spiro atoms. The van der Waals surface area contributed by atoms with E-state index in [4.69, 9.17) is 8.22 Å². The zero-order valence-corrected chi connectivity index (χ0v) is 11.7. The summed E-state index contributed by atoms with van der Waals surface area (Å²) in [6.45, 7) is 4.04. The molecular weight excluding hydrogens is 262 g/mol. The first-order valence-electron chi connectivity index (χ1n) is 7.61. The van der Waals surface area contributed by atoms with Crippen LogP contribution in [0.3, 0.4) is 0 Å². The zero-order chi connectivity index (χ0) is 19.2. The lowest BCUT2D eigenvalue weighted by molar-refractivity contribution is 0.579. The van der Waals surface area contributed by atoms with Gasteiger partial charge in [-0.15, -0.1) is 0 Å². The monoisotopic (exact) mass is 289 g/mol. The van der Waals surface area contributed by atoms with Gasteiger partial charge in [-0.2, -0.15) is 0 Å². The van der Waals surface area contributed by atoms with Gasteiger partial charge in [-0.25, -0.2) is 21.6 Å². The van der Waals surface area contributed by atoms with E-state index in [0.29, 0.717) is 0 Å². The van der Waals surface area contributed by atoms with E-state index in [1.54, 1.807) is 13.8 Å². The van der Waals surface area contributed by atoms with Crippen LogP contribution >= 0.6 is 0 Å². The Bertz CT molecular complexity index is 659. The van der Waals surface area contributed by atoms with E-state index >= 15 is 0 Å². The van der Waals surface area contributed by atoms with Crippen molar-refractivity contribution in [1.82, 2.24) is 4.72 Å². The molecule has 0 aromatic rings. The summed E-state index contributed by atoms with van der Waals surface area (Å²) in [6, 6.07) is -0.338. The standard InChI is InChI=1S/C5H11NO2S.C5H10O2S/c1-4-9(7,8)6-5(2)3;1-4-8(6,7)5(2)3/h4-6H,1H2,2-3H3;4-5H,1H2,2-3H3/i2*1D2,4D. The number of nitrogens with one attached hydrogen (secondary N) is 1. The van der Waals surface area contributed by atoms with Gasteiger partial charge in [0.1, 0.15) is 0 Å². The van der Waals surface area contributed by atoms with Crippen LogP contribution in [-0.4, -0.2) is 28.1 Å². The van der Waals surface area contributed by atoms with E-state index in [1.807, 2.05) is 0 Å². The van der Waals surface area contributed by atoms with Gasteiger partial charge in [-0.1, -0.05) is 13.1 Å². The van der Waals surface area contributed by atoms with E-state index in [9.17, 15) is 16.8 Å². The van der Waals surface area contributed by atoms with Gasteiger partial charge in [0.05, 0.1) is 13.5 Å². The van der Waals surface area contributed by atoms with Crippen LogP contribution in [0.5, 0.6) is 0 Å². The first kappa shape index (κ1) is 9.29. The molecule has 0 aliphatic rings. The fourth-order valence-electron chi connectivity index (χ4n) is 0.458. The first-order valence-corrected chi connectivity index (χ1v) is 7.64. The Kier molecular flexibility index (Phi) is 4.17. The molecule has 7 heteroatoms. The summed E-state index contributed by atoms with van der Waals surface area (Å²) < 4.78 is 86.3. The van der Waals surface area contributed by atoms with Crippen molar-refractivity contribution in [1.29, 1.82) is 0 Å². The van der Waals surface area contributed by atoms with Crippen LogP contribution < -0.4 is 4.72 Å².